The molecule has 2 aromatic rings. The fourth-order valence-electron chi connectivity index (χ4n) is 3.99. The number of aliphatic hydroxyl groups excluding tert-OH is 1. The number of nitrogens with zero attached hydrogens (tertiary/aromatic N) is 1. The Hall–Kier alpha value is -2.46. The Morgan fingerprint density at radius 2 is 1.44 bits per heavy atom. The van der Waals surface area contributed by atoms with Gasteiger partial charge in [0.05, 0.1) is 23.8 Å². The summed E-state index contributed by atoms with van der Waals surface area (Å²) in [6.45, 7) is 0.0754. The molecule has 2 amide bonds. The molecule has 4 heteroatoms. The third-order valence-corrected chi connectivity index (χ3v) is 5.32. The Kier molecular flexibility index (Phi) is 4.14. The number of imide groups is 1. The largest absolute Gasteiger partial charge is 0.391 e. The first-order valence-corrected chi connectivity index (χ1v) is 8.83. The van der Waals surface area contributed by atoms with Crippen LogP contribution in [0.5, 0.6) is 0 Å². The van der Waals surface area contributed by atoms with Crippen molar-refractivity contribution in [3.63, 3.8) is 0 Å². The van der Waals surface area contributed by atoms with Crippen molar-refractivity contribution >= 4 is 11.8 Å². The minimum Gasteiger partial charge on any atom is -0.391 e. The molecule has 4 rings (SSSR count). The van der Waals surface area contributed by atoms with Crippen LogP contribution in [-0.4, -0.2) is 34.5 Å². The van der Waals surface area contributed by atoms with Gasteiger partial charge in [0.25, 0.3) is 11.8 Å². The van der Waals surface area contributed by atoms with E-state index in [9.17, 15) is 14.7 Å². The number of β-amino-alcohol motifs (C(OH)–C–C–N with tert-alkyl or cyclic N) is 1. The van der Waals surface area contributed by atoms with Gasteiger partial charge in [-0.25, -0.2) is 0 Å². The maximum atomic E-state index is 12.3. The van der Waals surface area contributed by atoms with E-state index in [0.717, 1.165) is 19.3 Å². The minimum atomic E-state index is -0.675. The number of carbonyl (C=O) groups is 2. The van der Waals surface area contributed by atoms with Crippen molar-refractivity contribution in [2.75, 3.05) is 6.54 Å². The molecule has 0 saturated heterocycles. The molecule has 1 N–H and O–H groups in total. The minimum absolute atomic E-state index is 0.0754. The molecule has 0 spiro atoms. The van der Waals surface area contributed by atoms with Crippen molar-refractivity contribution in [3.8, 4) is 0 Å². The van der Waals surface area contributed by atoms with Crippen LogP contribution in [0.15, 0.2) is 48.5 Å². The third kappa shape index (κ3) is 2.98. The smallest absolute Gasteiger partial charge is 0.261 e. The predicted molar refractivity (Wildman–Crippen MR) is 94.4 cm³/mol. The molecule has 0 unspecified atom stereocenters. The van der Waals surface area contributed by atoms with Gasteiger partial charge in [0, 0.05) is 0 Å². The van der Waals surface area contributed by atoms with Crippen LogP contribution in [-0.2, 0) is 12.8 Å². The summed E-state index contributed by atoms with van der Waals surface area (Å²) >= 11 is 0. The maximum Gasteiger partial charge on any atom is 0.261 e. The zero-order chi connectivity index (χ0) is 17.4. The van der Waals surface area contributed by atoms with Gasteiger partial charge in [0.15, 0.2) is 0 Å². The van der Waals surface area contributed by atoms with Crippen LogP contribution in [0.2, 0.25) is 0 Å². The van der Waals surface area contributed by atoms with E-state index in [0.29, 0.717) is 23.5 Å². The van der Waals surface area contributed by atoms with Crippen LogP contribution in [0.3, 0.4) is 0 Å². The summed E-state index contributed by atoms with van der Waals surface area (Å²) < 4.78 is 0. The predicted octanol–water partition coefficient (Wildman–Crippen LogP) is 2.84. The van der Waals surface area contributed by atoms with Crippen LogP contribution >= 0.6 is 0 Å². The second-order valence-electron chi connectivity index (χ2n) is 7.04. The molecule has 0 bridgehead atoms. The Morgan fingerprint density at radius 1 is 0.920 bits per heavy atom. The van der Waals surface area contributed by atoms with E-state index in [-0.39, 0.29) is 18.4 Å². The summed E-state index contributed by atoms with van der Waals surface area (Å²) in [7, 11) is 0. The Balaban J connectivity index is 1.33. The van der Waals surface area contributed by atoms with Crippen molar-refractivity contribution < 1.29 is 14.7 Å². The number of rotatable bonds is 5. The van der Waals surface area contributed by atoms with Crippen LogP contribution in [0, 0.1) is 5.92 Å². The summed E-state index contributed by atoms with van der Waals surface area (Å²) in [6, 6.07) is 15.3. The second kappa shape index (κ2) is 6.45. The number of hydrogen-bond donors (Lipinski definition) is 1. The van der Waals surface area contributed by atoms with Crippen molar-refractivity contribution in [1.82, 2.24) is 4.90 Å². The molecule has 1 aliphatic heterocycles. The zero-order valence-corrected chi connectivity index (χ0v) is 14.0. The highest BCUT2D eigenvalue weighted by atomic mass is 16.3. The molecule has 0 aromatic heterocycles. The number of benzene rings is 2. The molecule has 1 heterocycles. The SMILES string of the molecule is O=C1c2ccccc2C(=O)N1C[C@H](O)CCC1Cc2ccccc2C1. The van der Waals surface area contributed by atoms with Crippen molar-refractivity contribution in [2.24, 2.45) is 5.92 Å². The highest BCUT2D eigenvalue weighted by Crippen LogP contribution is 2.30. The molecule has 1 aliphatic carbocycles. The van der Waals surface area contributed by atoms with Crippen LogP contribution in [0.1, 0.15) is 44.7 Å². The van der Waals surface area contributed by atoms with Gasteiger partial charge in [-0.2, -0.15) is 0 Å². The van der Waals surface area contributed by atoms with Gasteiger partial charge < -0.3 is 5.11 Å². The van der Waals surface area contributed by atoms with Gasteiger partial charge in [-0.3, -0.25) is 14.5 Å². The number of fused-ring (bicyclic) bond motifs is 2. The second-order valence-corrected chi connectivity index (χ2v) is 7.04. The number of amides is 2. The van der Waals surface area contributed by atoms with E-state index < -0.39 is 6.10 Å². The van der Waals surface area contributed by atoms with Crippen molar-refractivity contribution in [3.05, 3.63) is 70.8 Å². The topological polar surface area (TPSA) is 57.6 Å². The lowest BCUT2D eigenvalue weighted by atomic mass is 9.98. The average molecular weight is 335 g/mol. The lowest BCUT2D eigenvalue weighted by molar-refractivity contribution is 0.0525. The van der Waals surface area contributed by atoms with Gasteiger partial charge in [0.2, 0.25) is 0 Å². The van der Waals surface area contributed by atoms with E-state index in [1.54, 1.807) is 24.3 Å². The molecule has 0 saturated carbocycles. The molecule has 25 heavy (non-hydrogen) atoms. The molecule has 1 atom stereocenters. The van der Waals surface area contributed by atoms with Gasteiger partial charge in [-0.05, 0) is 54.9 Å². The quantitative estimate of drug-likeness (QED) is 0.855. The summed E-state index contributed by atoms with van der Waals surface area (Å²) in [6.07, 6.45) is 2.93. The molecule has 4 nitrogen and oxygen atoms in total. The van der Waals surface area contributed by atoms with E-state index >= 15 is 0 Å². The highest BCUT2D eigenvalue weighted by molar-refractivity contribution is 6.21. The third-order valence-electron chi connectivity index (χ3n) is 5.32. The van der Waals surface area contributed by atoms with Crippen LogP contribution in [0.25, 0.3) is 0 Å². The van der Waals surface area contributed by atoms with Gasteiger partial charge in [0.1, 0.15) is 0 Å². The molecule has 2 aromatic carbocycles. The molecule has 128 valence electrons. The first-order chi connectivity index (χ1) is 12.1. The number of carbonyl (C=O) groups excluding carboxylic acids is 2. The fraction of sp³-hybridized carbons (Fsp3) is 0.333. The molecular formula is C21H21NO3. The monoisotopic (exact) mass is 335 g/mol. The summed E-state index contributed by atoms with van der Waals surface area (Å²) in [5, 5.41) is 10.4. The van der Waals surface area contributed by atoms with E-state index in [2.05, 4.69) is 24.3 Å². The highest BCUT2D eigenvalue weighted by Gasteiger charge is 2.36. The van der Waals surface area contributed by atoms with E-state index in [1.165, 1.54) is 16.0 Å². The van der Waals surface area contributed by atoms with Crippen molar-refractivity contribution in [1.29, 1.82) is 0 Å². The summed E-state index contributed by atoms with van der Waals surface area (Å²) in [5.41, 5.74) is 3.68. The van der Waals surface area contributed by atoms with E-state index in [4.69, 9.17) is 0 Å². The first-order valence-electron chi connectivity index (χ1n) is 8.83. The van der Waals surface area contributed by atoms with Crippen LogP contribution < -0.4 is 0 Å². The lowest BCUT2D eigenvalue weighted by Gasteiger charge is -2.19. The normalized spacial score (nSPS) is 17.7. The Morgan fingerprint density at radius 3 is 2.00 bits per heavy atom. The van der Waals surface area contributed by atoms with Crippen molar-refractivity contribution in [2.45, 2.75) is 31.8 Å². The summed E-state index contributed by atoms with van der Waals surface area (Å²) in [5.74, 6) is -0.0601. The van der Waals surface area contributed by atoms with Gasteiger partial charge >= 0.3 is 0 Å². The number of hydrogen-bond acceptors (Lipinski definition) is 3. The first kappa shape index (κ1) is 16.0. The van der Waals surface area contributed by atoms with Crippen LogP contribution in [0.4, 0.5) is 0 Å². The van der Waals surface area contributed by atoms with Gasteiger partial charge in [-0.1, -0.05) is 36.4 Å². The molecule has 0 fully saturated rings. The molecular weight excluding hydrogens is 314 g/mol. The fourth-order valence-corrected chi connectivity index (χ4v) is 3.99. The Labute approximate surface area is 147 Å². The standard InChI is InChI=1S/C21H21NO3/c23-17(10-9-14-11-15-5-1-2-6-16(15)12-14)13-22-20(24)18-7-3-4-8-19(18)21(22)25/h1-8,14,17,23H,9-13H2/t17-/m1/s1. The zero-order valence-electron chi connectivity index (χ0n) is 14.0. The van der Waals surface area contributed by atoms with Gasteiger partial charge in [-0.15, -0.1) is 0 Å². The lowest BCUT2D eigenvalue weighted by Crippen LogP contribution is -2.37. The Bertz CT molecular complexity index is 769. The van der Waals surface area contributed by atoms with E-state index in [1.807, 2.05) is 0 Å². The average Bonchev–Trinajstić information content (AvgIpc) is 3.15. The summed E-state index contributed by atoms with van der Waals surface area (Å²) in [4.78, 5) is 25.9. The maximum absolute atomic E-state index is 12.3. The molecule has 0 radical (unpaired) electrons. The number of aliphatic hydroxyl groups is 1. The molecule has 2 aliphatic rings.